The lowest BCUT2D eigenvalue weighted by atomic mass is 10.1. The number of imide groups is 2. The zero-order valence-corrected chi connectivity index (χ0v) is 19.2. The van der Waals surface area contributed by atoms with Crippen LogP contribution in [0.15, 0.2) is 64.6 Å². The average Bonchev–Trinajstić information content (AvgIpc) is 3.04. The average molecular weight is 508 g/mol. The number of carboxylic acids is 1. The van der Waals surface area contributed by atoms with Gasteiger partial charge >= 0.3 is 12.0 Å². The molecule has 0 unspecified atom stereocenters. The van der Waals surface area contributed by atoms with Crippen molar-refractivity contribution in [3.05, 3.63) is 87.2 Å². The second kappa shape index (κ2) is 8.51. The Labute approximate surface area is 197 Å². The molecule has 1 aromatic heterocycles. The summed E-state index contributed by atoms with van der Waals surface area (Å²) >= 11 is 3.32. The highest BCUT2D eigenvalue weighted by Gasteiger charge is 2.37. The van der Waals surface area contributed by atoms with Gasteiger partial charge in [-0.25, -0.2) is 14.5 Å². The molecule has 166 valence electrons. The second-order valence-electron chi connectivity index (χ2n) is 7.46. The Bertz CT molecular complexity index is 1370. The van der Waals surface area contributed by atoms with E-state index in [1.54, 1.807) is 55.5 Å². The molecule has 9 heteroatoms. The summed E-state index contributed by atoms with van der Waals surface area (Å²) < 4.78 is 2.51. The van der Waals surface area contributed by atoms with Crippen LogP contribution in [-0.2, 0) is 9.59 Å². The number of carboxylic acid groups (broad SMARTS) is 1. The first-order valence-corrected chi connectivity index (χ1v) is 10.7. The fourth-order valence-electron chi connectivity index (χ4n) is 3.77. The van der Waals surface area contributed by atoms with Crippen LogP contribution >= 0.6 is 15.9 Å². The molecule has 0 spiro atoms. The fraction of sp³-hybridized carbons (Fsp3) is 0.0833. The zero-order valence-electron chi connectivity index (χ0n) is 17.6. The van der Waals surface area contributed by atoms with Crippen LogP contribution in [0.1, 0.15) is 27.3 Å². The second-order valence-corrected chi connectivity index (χ2v) is 8.37. The molecular formula is C24H18BrN3O5. The quantitative estimate of drug-likeness (QED) is 0.405. The molecule has 3 aromatic rings. The number of carbonyl (C=O) groups is 4. The lowest BCUT2D eigenvalue weighted by Gasteiger charge is -2.26. The van der Waals surface area contributed by atoms with Crippen molar-refractivity contribution >= 4 is 51.5 Å². The van der Waals surface area contributed by atoms with Gasteiger partial charge in [-0.15, -0.1) is 0 Å². The Balaban J connectivity index is 1.77. The van der Waals surface area contributed by atoms with Crippen LogP contribution in [-0.4, -0.2) is 33.5 Å². The van der Waals surface area contributed by atoms with Crippen LogP contribution < -0.4 is 10.2 Å². The molecule has 4 rings (SSSR count). The summed E-state index contributed by atoms with van der Waals surface area (Å²) in [5.41, 5.74) is 3.00. The molecule has 1 aliphatic rings. The number of amides is 4. The molecule has 0 atom stereocenters. The highest BCUT2D eigenvalue weighted by atomic mass is 79.9. The number of urea groups is 1. The van der Waals surface area contributed by atoms with Crippen molar-refractivity contribution in [1.82, 2.24) is 9.88 Å². The molecule has 1 saturated heterocycles. The Morgan fingerprint density at radius 3 is 2.39 bits per heavy atom. The third kappa shape index (κ3) is 4.10. The number of aryl methyl sites for hydroxylation is 1. The Morgan fingerprint density at radius 1 is 1.00 bits per heavy atom. The number of anilines is 1. The number of benzene rings is 2. The highest BCUT2D eigenvalue weighted by molar-refractivity contribution is 9.10. The summed E-state index contributed by atoms with van der Waals surface area (Å²) in [5, 5.41) is 11.5. The standard InChI is InChI=1S/C24H18BrN3O5/c1-13-9-16(14(2)27(13)18-7-3-5-15(10-18)23(31)32)11-20-21(29)26-24(33)28(22(20)30)19-8-4-6-17(25)12-19/h3-12H,1-2H3,(H,31,32)(H,26,29,33)/b20-11+. The van der Waals surface area contributed by atoms with Crippen LogP contribution in [0.5, 0.6) is 0 Å². The maximum absolute atomic E-state index is 13.1. The fourth-order valence-corrected chi connectivity index (χ4v) is 4.16. The van der Waals surface area contributed by atoms with Gasteiger partial charge in [0.15, 0.2) is 0 Å². The summed E-state index contributed by atoms with van der Waals surface area (Å²) in [4.78, 5) is 50.3. The van der Waals surface area contributed by atoms with E-state index in [-0.39, 0.29) is 11.1 Å². The van der Waals surface area contributed by atoms with E-state index in [9.17, 15) is 24.3 Å². The van der Waals surface area contributed by atoms with Crippen molar-refractivity contribution in [1.29, 1.82) is 0 Å². The summed E-state index contributed by atoms with van der Waals surface area (Å²) in [5.74, 6) is -2.56. The normalized spacial score (nSPS) is 15.2. The first kappa shape index (κ1) is 22.2. The number of hydrogen-bond acceptors (Lipinski definition) is 4. The van der Waals surface area contributed by atoms with Gasteiger partial charge in [0.2, 0.25) is 0 Å². The predicted molar refractivity (Wildman–Crippen MR) is 125 cm³/mol. The number of aromatic carboxylic acids is 1. The van der Waals surface area contributed by atoms with E-state index in [2.05, 4.69) is 21.2 Å². The number of carbonyl (C=O) groups excluding carboxylic acids is 3. The maximum Gasteiger partial charge on any atom is 0.335 e. The molecular weight excluding hydrogens is 490 g/mol. The molecule has 0 saturated carbocycles. The molecule has 4 amide bonds. The molecule has 0 aliphatic carbocycles. The minimum atomic E-state index is -1.04. The third-order valence-electron chi connectivity index (χ3n) is 5.29. The van der Waals surface area contributed by atoms with Gasteiger partial charge in [0.05, 0.1) is 11.3 Å². The third-order valence-corrected chi connectivity index (χ3v) is 5.78. The number of barbiturate groups is 1. The summed E-state index contributed by atoms with van der Waals surface area (Å²) in [7, 11) is 0. The van der Waals surface area contributed by atoms with Crippen LogP contribution in [0.25, 0.3) is 11.8 Å². The Kier molecular flexibility index (Phi) is 5.73. The number of rotatable bonds is 4. The minimum Gasteiger partial charge on any atom is -0.478 e. The molecule has 2 heterocycles. The maximum atomic E-state index is 13.1. The summed E-state index contributed by atoms with van der Waals surface area (Å²) in [6.07, 6.45) is 1.44. The van der Waals surface area contributed by atoms with Crippen LogP contribution in [0, 0.1) is 13.8 Å². The van der Waals surface area contributed by atoms with E-state index in [0.717, 1.165) is 10.6 Å². The van der Waals surface area contributed by atoms with Crippen molar-refractivity contribution in [3.63, 3.8) is 0 Å². The highest BCUT2D eigenvalue weighted by Crippen LogP contribution is 2.27. The van der Waals surface area contributed by atoms with Gasteiger partial charge in [-0.3, -0.25) is 14.9 Å². The van der Waals surface area contributed by atoms with Gasteiger partial charge in [-0.05, 0) is 68.0 Å². The number of nitrogens with one attached hydrogen (secondary N) is 1. The lowest BCUT2D eigenvalue weighted by molar-refractivity contribution is -0.122. The van der Waals surface area contributed by atoms with Gasteiger partial charge in [-0.1, -0.05) is 28.1 Å². The SMILES string of the molecule is Cc1cc(/C=C2\C(=O)NC(=O)N(c3cccc(Br)c3)C2=O)c(C)n1-c1cccc(C(=O)O)c1. The van der Waals surface area contributed by atoms with E-state index >= 15 is 0 Å². The van der Waals surface area contributed by atoms with Gasteiger partial charge in [0.25, 0.3) is 11.8 Å². The van der Waals surface area contributed by atoms with E-state index in [4.69, 9.17) is 0 Å². The van der Waals surface area contributed by atoms with Gasteiger partial charge in [-0.2, -0.15) is 0 Å². The molecule has 1 aliphatic heterocycles. The molecule has 0 bridgehead atoms. The molecule has 1 fully saturated rings. The first-order valence-electron chi connectivity index (χ1n) is 9.87. The smallest absolute Gasteiger partial charge is 0.335 e. The van der Waals surface area contributed by atoms with Crippen molar-refractivity contribution in [2.24, 2.45) is 0 Å². The van der Waals surface area contributed by atoms with Gasteiger partial charge < -0.3 is 9.67 Å². The van der Waals surface area contributed by atoms with Crippen molar-refractivity contribution in [2.75, 3.05) is 4.90 Å². The van der Waals surface area contributed by atoms with Gasteiger partial charge in [0, 0.05) is 21.5 Å². The molecule has 2 N–H and O–H groups in total. The van der Waals surface area contributed by atoms with E-state index in [0.29, 0.717) is 27.1 Å². The Morgan fingerprint density at radius 2 is 1.70 bits per heavy atom. The van der Waals surface area contributed by atoms with Crippen LogP contribution in [0.3, 0.4) is 0 Å². The minimum absolute atomic E-state index is 0.143. The predicted octanol–water partition coefficient (Wildman–Crippen LogP) is 4.22. The molecule has 2 aromatic carbocycles. The number of nitrogens with zero attached hydrogens (tertiary/aromatic N) is 2. The molecule has 33 heavy (non-hydrogen) atoms. The molecule has 0 radical (unpaired) electrons. The van der Waals surface area contributed by atoms with E-state index in [1.165, 1.54) is 12.1 Å². The largest absolute Gasteiger partial charge is 0.478 e. The van der Waals surface area contributed by atoms with Gasteiger partial charge in [0.1, 0.15) is 5.57 Å². The lowest BCUT2D eigenvalue weighted by Crippen LogP contribution is -2.54. The van der Waals surface area contributed by atoms with Crippen LogP contribution in [0.4, 0.5) is 10.5 Å². The summed E-state index contributed by atoms with van der Waals surface area (Å²) in [6.45, 7) is 3.64. The number of aromatic nitrogens is 1. The number of halogens is 1. The molecule has 8 nitrogen and oxygen atoms in total. The number of hydrogen-bond donors (Lipinski definition) is 2. The first-order chi connectivity index (χ1) is 15.7. The van der Waals surface area contributed by atoms with Crippen molar-refractivity contribution in [3.8, 4) is 5.69 Å². The van der Waals surface area contributed by atoms with Crippen LogP contribution in [0.2, 0.25) is 0 Å². The Hall–Kier alpha value is -3.98. The zero-order chi connectivity index (χ0) is 23.9. The topological polar surface area (TPSA) is 109 Å². The van der Waals surface area contributed by atoms with E-state index < -0.39 is 23.8 Å². The summed E-state index contributed by atoms with van der Waals surface area (Å²) in [6, 6.07) is 14.1. The monoisotopic (exact) mass is 507 g/mol. The van der Waals surface area contributed by atoms with Crippen molar-refractivity contribution in [2.45, 2.75) is 13.8 Å². The van der Waals surface area contributed by atoms with Crippen molar-refractivity contribution < 1.29 is 24.3 Å². The van der Waals surface area contributed by atoms with E-state index in [1.807, 2.05) is 11.5 Å².